The highest BCUT2D eigenvalue weighted by atomic mass is 35.5. The highest BCUT2D eigenvalue weighted by Gasteiger charge is 2.30. The molecule has 0 bridgehead atoms. The molecular formula is C22H24ClN3O3. The number of rotatable bonds is 5. The molecule has 6 nitrogen and oxygen atoms in total. The van der Waals surface area contributed by atoms with Crippen LogP contribution in [-0.4, -0.2) is 34.0 Å². The number of hydrogen-bond acceptors (Lipinski definition) is 5. The summed E-state index contributed by atoms with van der Waals surface area (Å²) in [6.45, 7) is 5.31. The molecular weight excluding hydrogens is 390 g/mol. The Morgan fingerprint density at radius 2 is 2.10 bits per heavy atom. The summed E-state index contributed by atoms with van der Waals surface area (Å²) in [6, 6.07) is 9.44. The van der Waals surface area contributed by atoms with Gasteiger partial charge >= 0.3 is 0 Å². The minimum absolute atomic E-state index is 0.0826. The maximum absolute atomic E-state index is 12.8. The second-order valence-electron chi connectivity index (χ2n) is 7.83. The molecule has 3 aromatic rings. The molecule has 0 radical (unpaired) electrons. The first-order valence-corrected chi connectivity index (χ1v) is 10.3. The van der Waals surface area contributed by atoms with Gasteiger partial charge in [-0.25, -0.2) is 4.98 Å². The van der Waals surface area contributed by atoms with Crippen LogP contribution in [0.1, 0.15) is 72.0 Å². The number of likely N-dealkylation sites (tertiary alicyclic amines) is 1. The van der Waals surface area contributed by atoms with Crippen LogP contribution in [0.2, 0.25) is 5.02 Å². The summed E-state index contributed by atoms with van der Waals surface area (Å²) in [7, 11) is 0. The molecule has 29 heavy (non-hydrogen) atoms. The van der Waals surface area contributed by atoms with Crippen LogP contribution in [0.3, 0.4) is 0 Å². The molecule has 1 fully saturated rings. The second-order valence-corrected chi connectivity index (χ2v) is 8.27. The molecule has 0 N–H and O–H groups in total. The van der Waals surface area contributed by atoms with Crippen molar-refractivity contribution in [2.24, 2.45) is 0 Å². The summed E-state index contributed by atoms with van der Waals surface area (Å²) in [5.41, 5.74) is 1.91. The fourth-order valence-electron chi connectivity index (χ4n) is 3.58. The number of oxazole rings is 1. The molecule has 1 aliphatic heterocycles. The van der Waals surface area contributed by atoms with Gasteiger partial charge in [0.25, 0.3) is 5.91 Å². The van der Waals surface area contributed by atoms with Crippen molar-refractivity contribution in [3.8, 4) is 0 Å². The number of aromatic nitrogens is 2. The molecule has 1 saturated heterocycles. The van der Waals surface area contributed by atoms with Crippen LogP contribution in [-0.2, 0) is 6.42 Å². The summed E-state index contributed by atoms with van der Waals surface area (Å²) in [5, 5.41) is 4.71. The quantitative estimate of drug-likeness (QED) is 0.585. The molecule has 4 rings (SSSR count). The molecule has 0 spiro atoms. The highest BCUT2D eigenvalue weighted by Crippen LogP contribution is 2.28. The van der Waals surface area contributed by atoms with Gasteiger partial charge in [-0.15, -0.1) is 0 Å². The van der Waals surface area contributed by atoms with Gasteiger partial charge in [-0.3, -0.25) is 4.79 Å². The molecule has 1 amide bonds. The molecule has 1 aromatic carbocycles. The molecule has 7 heteroatoms. The predicted octanol–water partition coefficient (Wildman–Crippen LogP) is 5.05. The van der Waals surface area contributed by atoms with Crippen LogP contribution in [0.25, 0.3) is 0 Å². The molecule has 1 unspecified atom stereocenters. The molecule has 152 valence electrons. The fraction of sp³-hybridized carbons (Fsp3) is 0.409. The Bertz CT molecular complexity index is 977. The predicted molar refractivity (Wildman–Crippen MR) is 109 cm³/mol. The van der Waals surface area contributed by atoms with Gasteiger partial charge in [0.1, 0.15) is 5.76 Å². The number of piperidine rings is 1. The van der Waals surface area contributed by atoms with Gasteiger partial charge in [-0.1, -0.05) is 42.7 Å². The Morgan fingerprint density at radius 3 is 2.83 bits per heavy atom. The number of amides is 1. The topological polar surface area (TPSA) is 72.4 Å². The van der Waals surface area contributed by atoms with Crippen molar-refractivity contribution in [2.45, 2.75) is 44.9 Å². The van der Waals surface area contributed by atoms with Crippen molar-refractivity contribution in [2.75, 3.05) is 13.1 Å². The maximum atomic E-state index is 12.8. The van der Waals surface area contributed by atoms with Gasteiger partial charge in [-0.05, 0) is 36.5 Å². The smallest absolute Gasteiger partial charge is 0.292 e. The summed E-state index contributed by atoms with van der Waals surface area (Å²) in [5.74, 6) is 1.97. The molecule has 2 aromatic heterocycles. The van der Waals surface area contributed by atoms with Crippen molar-refractivity contribution in [3.05, 3.63) is 70.2 Å². The van der Waals surface area contributed by atoms with Crippen LogP contribution < -0.4 is 0 Å². The van der Waals surface area contributed by atoms with Crippen LogP contribution >= 0.6 is 11.6 Å². The van der Waals surface area contributed by atoms with Crippen LogP contribution in [0.5, 0.6) is 0 Å². The van der Waals surface area contributed by atoms with Crippen molar-refractivity contribution in [1.29, 1.82) is 0 Å². The Hall–Kier alpha value is -2.60. The summed E-state index contributed by atoms with van der Waals surface area (Å²) < 4.78 is 11.3. The number of carbonyl (C=O) groups excluding carboxylic acids is 1. The third-order valence-corrected chi connectivity index (χ3v) is 5.50. The van der Waals surface area contributed by atoms with E-state index in [1.807, 2.05) is 43.0 Å². The lowest BCUT2D eigenvalue weighted by Crippen LogP contribution is -2.39. The third kappa shape index (κ3) is 4.53. The van der Waals surface area contributed by atoms with Crippen molar-refractivity contribution >= 4 is 17.5 Å². The minimum Gasteiger partial charge on any atom is -0.445 e. The number of halogens is 1. The van der Waals surface area contributed by atoms with E-state index in [0.29, 0.717) is 36.2 Å². The van der Waals surface area contributed by atoms with Crippen LogP contribution in [0.4, 0.5) is 0 Å². The third-order valence-electron chi connectivity index (χ3n) is 5.25. The second kappa shape index (κ2) is 8.41. The van der Waals surface area contributed by atoms with Gasteiger partial charge in [0.2, 0.25) is 5.76 Å². The lowest BCUT2D eigenvalue weighted by atomic mass is 9.97. The minimum atomic E-state index is -0.123. The van der Waals surface area contributed by atoms with Crippen LogP contribution in [0.15, 0.2) is 45.5 Å². The van der Waals surface area contributed by atoms with Gasteiger partial charge in [0.15, 0.2) is 5.89 Å². The van der Waals surface area contributed by atoms with Gasteiger partial charge < -0.3 is 13.8 Å². The number of nitrogens with zero attached hydrogens (tertiary/aromatic N) is 3. The molecule has 3 heterocycles. The highest BCUT2D eigenvalue weighted by molar-refractivity contribution is 6.30. The number of carbonyl (C=O) groups is 1. The SMILES string of the molecule is CC(C)c1cc(C(=O)N2CCCC(c3ncc(Cc4ccc(Cl)cc4)o3)C2)on1. The maximum Gasteiger partial charge on any atom is 0.292 e. The van der Waals surface area contributed by atoms with E-state index in [1.165, 1.54) is 0 Å². The average molecular weight is 414 g/mol. The molecule has 0 saturated carbocycles. The van der Waals surface area contributed by atoms with Gasteiger partial charge in [-0.2, -0.15) is 0 Å². The van der Waals surface area contributed by atoms with Gasteiger partial charge in [0.05, 0.1) is 17.8 Å². The number of hydrogen-bond donors (Lipinski definition) is 0. The first-order valence-electron chi connectivity index (χ1n) is 9.94. The summed E-state index contributed by atoms with van der Waals surface area (Å²) in [4.78, 5) is 19.1. The Morgan fingerprint density at radius 1 is 1.31 bits per heavy atom. The zero-order chi connectivity index (χ0) is 20.4. The van der Waals surface area contributed by atoms with Crippen LogP contribution in [0, 0.1) is 0 Å². The Balaban J connectivity index is 1.42. The van der Waals surface area contributed by atoms with Crippen molar-refractivity contribution in [3.63, 3.8) is 0 Å². The van der Waals surface area contributed by atoms with E-state index < -0.39 is 0 Å². The molecule has 1 aliphatic rings. The molecule has 1 atom stereocenters. The standard InChI is InChI=1S/C22H24ClN3O3/c1-14(2)19-11-20(29-25-19)22(27)26-9-3-4-16(13-26)21-24-12-18(28-21)10-15-5-7-17(23)8-6-15/h5-8,11-12,14,16H,3-4,9-10,13H2,1-2H3. The van der Waals surface area contributed by atoms with Crippen molar-refractivity contribution < 1.29 is 13.7 Å². The zero-order valence-corrected chi connectivity index (χ0v) is 17.4. The molecule has 0 aliphatic carbocycles. The zero-order valence-electron chi connectivity index (χ0n) is 16.6. The van der Waals surface area contributed by atoms with E-state index in [9.17, 15) is 4.79 Å². The fourth-order valence-corrected chi connectivity index (χ4v) is 3.70. The van der Waals surface area contributed by atoms with E-state index in [-0.39, 0.29) is 17.7 Å². The Labute approximate surface area is 174 Å². The normalized spacial score (nSPS) is 17.1. The first kappa shape index (κ1) is 19.7. The van der Waals surface area contributed by atoms with E-state index in [4.69, 9.17) is 20.5 Å². The van der Waals surface area contributed by atoms with E-state index in [1.54, 1.807) is 12.3 Å². The largest absolute Gasteiger partial charge is 0.445 e. The lowest BCUT2D eigenvalue weighted by Gasteiger charge is -2.30. The van der Waals surface area contributed by atoms with E-state index in [0.717, 1.165) is 29.9 Å². The average Bonchev–Trinajstić information content (AvgIpc) is 3.39. The van der Waals surface area contributed by atoms with Crippen molar-refractivity contribution in [1.82, 2.24) is 15.0 Å². The Kier molecular flexibility index (Phi) is 5.72. The summed E-state index contributed by atoms with van der Waals surface area (Å²) in [6.07, 6.45) is 4.28. The van der Waals surface area contributed by atoms with Gasteiger partial charge in [0, 0.05) is 30.6 Å². The lowest BCUT2D eigenvalue weighted by molar-refractivity contribution is 0.0656. The monoisotopic (exact) mass is 413 g/mol. The summed E-state index contributed by atoms with van der Waals surface area (Å²) >= 11 is 5.94. The number of benzene rings is 1. The first-order chi connectivity index (χ1) is 14.0. The van der Waals surface area contributed by atoms with E-state index in [2.05, 4.69) is 10.1 Å². The van der Waals surface area contributed by atoms with E-state index >= 15 is 0 Å².